The highest BCUT2D eigenvalue weighted by Gasteiger charge is 2.30. The van der Waals surface area contributed by atoms with Gasteiger partial charge in [-0.05, 0) is 36.2 Å². The van der Waals surface area contributed by atoms with Crippen LogP contribution in [0.5, 0.6) is 11.5 Å². The van der Waals surface area contributed by atoms with Crippen molar-refractivity contribution in [3.8, 4) is 11.5 Å². The standard InChI is InChI=1S/C21H25NO2S/c1-2-3-5-13-20(23)22-14-15-25-21(22)17-9-8-12-19(16-17)24-18-10-6-4-7-11-18/h4,6-12,16,21H,2-3,5,13-15H2,1H3/t21-/m0/s1. The number of para-hydroxylation sites is 1. The Morgan fingerprint density at radius 3 is 2.72 bits per heavy atom. The minimum absolute atomic E-state index is 0.105. The van der Waals surface area contributed by atoms with E-state index >= 15 is 0 Å². The molecule has 0 radical (unpaired) electrons. The molecule has 1 aliphatic heterocycles. The number of benzene rings is 2. The summed E-state index contributed by atoms with van der Waals surface area (Å²) in [5, 5.41) is 0.105. The Kier molecular flexibility index (Phi) is 6.40. The van der Waals surface area contributed by atoms with Gasteiger partial charge < -0.3 is 9.64 Å². The van der Waals surface area contributed by atoms with Crippen molar-refractivity contribution >= 4 is 17.7 Å². The largest absolute Gasteiger partial charge is 0.457 e. The molecule has 0 bridgehead atoms. The SMILES string of the molecule is CCCCCC(=O)N1CCS[C@H]1c1cccc(Oc2ccccc2)c1. The Balaban J connectivity index is 1.70. The van der Waals surface area contributed by atoms with Gasteiger partial charge in [0.25, 0.3) is 0 Å². The highest BCUT2D eigenvalue weighted by molar-refractivity contribution is 7.99. The molecule has 0 N–H and O–H groups in total. The summed E-state index contributed by atoms with van der Waals surface area (Å²) in [6, 6.07) is 17.9. The number of thioether (sulfide) groups is 1. The van der Waals surface area contributed by atoms with E-state index in [1.807, 2.05) is 59.1 Å². The summed E-state index contributed by atoms with van der Waals surface area (Å²) >= 11 is 1.84. The molecule has 2 aromatic carbocycles. The van der Waals surface area contributed by atoms with Crippen molar-refractivity contribution in [2.24, 2.45) is 0 Å². The van der Waals surface area contributed by atoms with Gasteiger partial charge in [0.15, 0.2) is 0 Å². The van der Waals surface area contributed by atoms with E-state index in [4.69, 9.17) is 4.74 Å². The summed E-state index contributed by atoms with van der Waals surface area (Å²) in [7, 11) is 0. The van der Waals surface area contributed by atoms with Crippen LogP contribution in [0.4, 0.5) is 0 Å². The number of unbranched alkanes of at least 4 members (excludes halogenated alkanes) is 2. The third-order valence-corrected chi connectivity index (χ3v) is 5.59. The van der Waals surface area contributed by atoms with Crippen LogP contribution < -0.4 is 4.74 Å². The molecule has 1 heterocycles. The number of rotatable bonds is 7. The Hall–Kier alpha value is -1.94. The summed E-state index contributed by atoms with van der Waals surface area (Å²) in [6.45, 7) is 3.00. The normalized spacial score (nSPS) is 16.8. The van der Waals surface area contributed by atoms with Crippen LogP contribution in [0.15, 0.2) is 54.6 Å². The molecule has 1 amide bonds. The molecule has 1 aliphatic rings. The third kappa shape index (κ3) is 4.79. The van der Waals surface area contributed by atoms with Gasteiger partial charge in [0.05, 0.1) is 0 Å². The first-order valence-electron chi connectivity index (χ1n) is 9.02. The van der Waals surface area contributed by atoms with Gasteiger partial charge in [-0.1, -0.05) is 50.1 Å². The lowest BCUT2D eigenvalue weighted by atomic mass is 10.1. The Morgan fingerprint density at radius 2 is 1.92 bits per heavy atom. The number of hydrogen-bond acceptors (Lipinski definition) is 3. The molecule has 1 saturated heterocycles. The van der Waals surface area contributed by atoms with E-state index in [9.17, 15) is 4.79 Å². The number of carbonyl (C=O) groups is 1. The van der Waals surface area contributed by atoms with E-state index in [0.717, 1.165) is 48.6 Å². The van der Waals surface area contributed by atoms with Gasteiger partial charge in [0.2, 0.25) is 5.91 Å². The molecule has 2 aromatic rings. The maximum Gasteiger partial charge on any atom is 0.223 e. The number of hydrogen-bond donors (Lipinski definition) is 0. The number of ether oxygens (including phenoxy) is 1. The quantitative estimate of drug-likeness (QED) is 0.603. The fraction of sp³-hybridized carbons (Fsp3) is 0.381. The summed E-state index contributed by atoms with van der Waals surface area (Å²) < 4.78 is 5.94. The Labute approximate surface area is 154 Å². The average Bonchev–Trinajstić information content (AvgIpc) is 3.13. The molecule has 4 heteroatoms. The molecule has 25 heavy (non-hydrogen) atoms. The van der Waals surface area contributed by atoms with E-state index < -0.39 is 0 Å². The first kappa shape index (κ1) is 17.9. The van der Waals surface area contributed by atoms with Crippen molar-refractivity contribution in [2.45, 2.75) is 38.0 Å². The molecular formula is C21H25NO2S. The number of carbonyl (C=O) groups excluding carboxylic acids is 1. The Morgan fingerprint density at radius 1 is 1.12 bits per heavy atom. The van der Waals surface area contributed by atoms with Crippen molar-refractivity contribution in [1.82, 2.24) is 4.90 Å². The summed E-state index contributed by atoms with van der Waals surface area (Å²) in [4.78, 5) is 14.6. The van der Waals surface area contributed by atoms with E-state index in [2.05, 4.69) is 19.1 Å². The van der Waals surface area contributed by atoms with Crippen molar-refractivity contribution in [3.05, 3.63) is 60.2 Å². The smallest absolute Gasteiger partial charge is 0.223 e. The summed E-state index contributed by atoms with van der Waals surface area (Å²) in [5.74, 6) is 2.91. The van der Waals surface area contributed by atoms with Crippen LogP contribution in [0, 0.1) is 0 Å². The van der Waals surface area contributed by atoms with Crippen LogP contribution in [0.3, 0.4) is 0 Å². The zero-order valence-electron chi connectivity index (χ0n) is 14.7. The van der Waals surface area contributed by atoms with Crippen LogP contribution in [0.2, 0.25) is 0 Å². The van der Waals surface area contributed by atoms with E-state index in [-0.39, 0.29) is 11.3 Å². The lowest BCUT2D eigenvalue weighted by Gasteiger charge is -2.24. The molecule has 3 nitrogen and oxygen atoms in total. The second kappa shape index (κ2) is 8.95. The van der Waals surface area contributed by atoms with Gasteiger partial charge >= 0.3 is 0 Å². The van der Waals surface area contributed by atoms with E-state index in [1.54, 1.807) is 0 Å². The molecule has 0 unspecified atom stereocenters. The molecule has 0 aromatic heterocycles. The topological polar surface area (TPSA) is 29.5 Å². The van der Waals surface area contributed by atoms with Gasteiger partial charge in [-0.25, -0.2) is 0 Å². The van der Waals surface area contributed by atoms with Gasteiger partial charge in [0, 0.05) is 18.7 Å². The fourth-order valence-electron chi connectivity index (χ4n) is 3.03. The maximum atomic E-state index is 12.6. The molecule has 1 atom stereocenters. The van der Waals surface area contributed by atoms with Crippen LogP contribution in [0.1, 0.15) is 43.5 Å². The molecule has 0 aliphatic carbocycles. The first-order valence-corrected chi connectivity index (χ1v) is 10.1. The zero-order chi connectivity index (χ0) is 17.5. The zero-order valence-corrected chi connectivity index (χ0v) is 15.5. The Bertz CT molecular complexity index is 689. The number of nitrogens with zero attached hydrogens (tertiary/aromatic N) is 1. The second-order valence-corrected chi connectivity index (χ2v) is 7.44. The molecule has 0 saturated carbocycles. The molecule has 3 rings (SSSR count). The number of amides is 1. The average molecular weight is 356 g/mol. The molecular weight excluding hydrogens is 330 g/mol. The predicted molar refractivity (Wildman–Crippen MR) is 104 cm³/mol. The lowest BCUT2D eigenvalue weighted by molar-refractivity contribution is -0.131. The minimum atomic E-state index is 0.105. The predicted octanol–water partition coefficient (Wildman–Crippen LogP) is 5.63. The molecule has 132 valence electrons. The van der Waals surface area contributed by atoms with Gasteiger partial charge in [0.1, 0.15) is 16.9 Å². The van der Waals surface area contributed by atoms with Gasteiger partial charge in [-0.15, -0.1) is 11.8 Å². The lowest BCUT2D eigenvalue weighted by Crippen LogP contribution is -2.30. The second-order valence-electron chi connectivity index (χ2n) is 6.25. The highest BCUT2D eigenvalue weighted by atomic mass is 32.2. The highest BCUT2D eigenvalue weighted by Crippen LogP contribution is 2.39. The van der Waals surface area contributed by atoms with E-state index in [0.29, 0.717) is 6.42 Å². The summed E-state index contributed by atoms with van der Waals surface area (Å²) in [6.07, 6.45) is 3.91. The minimum Gasteiger partial charge on any atom is -0.457 e. The molecule has 0 spiro atoms. The van der Waals surface area contributed by atoms with Crippen LogP contribution in [-0.2, 0) is 4.79 Å². The first-order chi connectivity index (χ1) is 12.3. The van der Waals surface area contributed by atoms with Crippen molar-refractivity contribution in [1.29, 1.82) is 0 Å². The van der Waals surface area contributed by atoms with E-state index in [1.165, 1.54) is 0 Å². The van der Waals surface area contributed by atoms with Crippen LogP contribution >= 0.6 is 11.8 Å². The molecule has 1 fully saturated rings. The van der Waals surface area contributed by atoms with Crippen molar-refractivity contribution in [3.63, 3.8) is 0 Å². The maximum absolute atomic E-state index is 12.6. The van der Waals surface area contributed by atoms with Crippen molar-refractivity contribution in [2.75, 3.05) is 12.3 Å². The van der Waals surface area contributed by atoms with Gasteiger partial charge in [-0.3, -0.25) is 4.79 Å². The summed E-state index contributed by atoms with van der Waals surface area (Å²) in [5.41, 5.74) is 1.14. The van der Waals surface area contributed by atoms with Crippen molar-refractivity contribution < 1.29 is 9.53 Å². The van der Waals surface area contributed by atoms with Crippen LogP contribution in [0.25, 0.3) is 0 Å². The van der Waals surface area contributed by atoms with Crippen LogP contribution in [-0.4, -0.2) is 23.1 Å². The van der Waals surface area contributed by atoms with Gasteiger partial charge in [-0.2, -0.15) is 0 Å². The monoisotopic (exact) mass is 355 g/mol. The third-order valence-electron chi connectivity index (χ3n) is 4.33. The fourth-order valence-corrected chi connectivity index (χ4v) is 4.30.